The molecule has 0 fully saturated rings. The number of hydrogen-bond donors (Lipinski definition) is 0. The minimum Gasteiger partial charge on any atom is -0.310 e. The van der Waals surface area contributed by atoms with Crippen molar-refractivity contribution in [2.75, 3.05) is 0 Å². The van der Waals surface area contributed by atoms with Crippen LogP contribution in [0.2, 0.25) is 0 Å². The van der Waals surface area contributed by atoms with Crippen molar-refractivity contribution in [3.05, 3.63) is 172 Å². The monoisotopic (exact) mass is 1020 g/mol. The lowest BCUT2D eigenvalue weighted by Crippen LogP contribution is -2.59. The molecule has 0 bridgehead atoms. The molecule has 8 aromatic carbocycles. The molecule has 0 unspecified atom stereocenters. The minimum absolute atomic E-state index is 0.00261. The summed E-state index contributed by atoms with van der Waals surface area (Å²) in [6.45, 7) is 40.1. The van der Waals surface area contributed by atoms with Crippen molar-refractivity contribution in [3.63, 3.8) is 0 Å². The Morgan fingerprint density at radius 2 is 0.910 bits per heavy atom. The fourth-order valence-corrected chi connectivity index (χ4v) is 13.7. The van der Waals surface area contributed by atoms with Crippen molar-refractivity contribution >= 4 is 77.7 Å². The fraction of sp³-hybridized carbons (Fsp3) is 0.329. The molecule has 4 nitrogen and oxygen atoms in total. The van der Waals surface area contributed by atoms with E-state index in [0.717, 1.165) is 0 Å². The first kappa shape index (κ1) is 50.4. The van der Waals surface area contributed by atoms with Gasteiger partial charge in [-0.3, -0.25) is 0 Å². The predicted molar refractivity (Wildman–Crippen MR) is 336 cm³/mol. The molecular weight excluding hydrogens is 944 g/mol. The highest BCUT2D eigenvalue weighted by Gasteiger charge is 2.43. The maximum absolute atomic E-state index is 2.68. The number of rotatable bonds is 5. The number of aryl methyl sites for hydroxylation is 2. The Bertz CT molecular complexity index is 4180. The first-order valence-electron chi connectivity index (χ1n) is 28.9. The summed E-state index contributed by atoms with van der Waals surface area (Å²) in [6.07, 6.45) is 0. The molecule has 2 aliphatic rings. The number of hydrogen-bond acceptors (Lipinski definition) is 0. The van der Waals surface area contributed by atoms with Crippen LogP contribution in [-0.4, -0.2) is 20.4 Å². The van der Waals surface area contributed by atoms with Crippen LogP contribution in [0.5, 0.6) is 0 Å². The summed E-state index contributed by atoms with van der Waals surface area (Å²) in [7, 11) is 2.25. The molecule has 5 heteroatoms. The third-order valence-electron chi connectivity index (χ3n) is 18.2. The molecule has 2 aliphatic heterocycles. The van der Waals surface area contributed by atoms with Gasteiger partial charge in [0.1, 0.15) is 5.69 Å². The molecule has 0 atom stereocenters. The summed E-state index contributed by atoms with van der Waals surface area (Å²) in [5, 5.41) is 5.37. The summed E-state index contributed by atoms with van der Waals surface area (Å²) in [5.41, 5.74) is 28.8. The molecule has 0 saturated heterocycles. The fourth-order valence-electron chi connectivity index (χ4n) is 13.7. The van der Waals surface area contributed by atoms with Gasteiger partial charge in [-0.15, -0.1) is 0 Å². The summed E-state index contributed by atoms with van der Waals surface area (Å²) < 4.78 is 10.4. The van der Waals surface area contributed by atoms with E-state index in [1.807, 2.05) is 0 Å². The molecule has 13 rings (SSSR count). The molecule has 0 aliphatic carbocycles. The van der Waals surface area contributed by atoms with Crippen LogP contribution in [0.25, 0.3) is 94.2 Å². The van der Waals surface area contributed by atoms with Crippen LogP contribution in [-0.2, 0) is 28.7 Å². The van der Waals surface area contributed by atoms with Crippen LogP contribution < -0.4 is 21.0 Å². The lowest BCUT2D eigenvalue weighted by atomic mass is 9.34. The predicted octanol–water partition coefficient (Wildman–Crippen LogP) is 16.9. The van der Waals surface area contributed by atoms with E-state index in [9.17, 15) is 0 Å². The maximum atomic E-state index is 2.68. The van der Waals surface area contributed by atoms with Gasteiger partial charge in [0, 0.05) is 55.1 Å². The highest BCUT2D eigenvalue weighted by atomic mass is 15.2. The lowest BCUT2D eigenvalue weighted by Gasteiger charge is -2.36. The molecule has 0 radical (unpaired) electrons. The molecule has 0 spiro atoms. The highest BCUT2D eigenvalue weighted by molar-refractivity contribution is 7.00. The smallest absolute Gasteiger partial charge is 0.295 e. The van der Waals surface area contributed by atoms with Gasteiger partial charge in [-0.1, -0.05) is 178 Å². The van der Waals surface area contributed by atoms with Crippen LogP contribution in [0, 0.1) is 6.92 Å². The second-order valence-corrected chi connectivity index (χ2v) is 28.3. The van der Waals surface area contributed by atoms with Crippen LogP contribution in [0.4, 0.5) is 0 Å². The molecule has 0 saturated carbocycles. The zero-order valence-electron chi connectivity index (χ0n) is 49.7. The van der Waals surface area contributed by atoms with Crippen molar-refractivity contribution in [1.29, 1.82) is 0 Å². The maximum Gasteiger partial charge on any atom is 0.295 e. The van der Waals surface area contributed by atoms with Gasteiger partial charge in [0.2, 0.25) is 0 Å². The van der Waals surface area contributed by atoms with E-state index in [1.165, 1.54) is 150 Å². The Balaban J connectivity index is 1.14. The zero-order valence-corrected chi connectivity index (χ0v) is 49.7. The average molecular weight is 1020 g/mol. The molecule has 78 heavy (non-hydrogen) atoms. The number of fused-ring (bicyclic) bond motifs is 11. The molecule has 0 amide bonds. The van der Waals surface area contributed by atoms with Crippen molar-refractivity contribution < 1.29 is 4.57 Å². The summed E-state index contributed by atoms with van der Waals surface area (Å²) in [4.78, 5) is 0. The van der Waals surface area contributed by atoms with Crippen LogP contribution >= 0.6 is 0 Å². The molecule has 5 heterocycles. The van der Waals surface area contributed by atoms with Crippen molar-refractivity contribution in [2.24, 2.45) is 7.05 Å². The van der Waals surface area contributed by atoms with Gasteiger partial charge in [-0.2, -0.15) is 4.57 Å². The number of nitrogens with zero attached hydrogens (tertiary/aromatic N) is 4. The summed E-state index contributed by atoms with van der Waals surface area (Å²) in [6, 6.07) is 53.3. The van der Waals surface area contributed by atoms with Crippen LogP contribution in [0.15, 0.2) is 133 Å². The number of aromatic nitrogens is 4. The van der Waals surface area contributed by atoms with Gasteiger partial charge in [0.05, 0.1) is 23.6 Å². The molecular formula is C73H78BN4+. The first-order chi connectivity index (χ1) is 36.7. The van der Waals surface area contributed by atoms with Gasteiger partial charge in [-0.25, -0.2) is 4.57 Å². The van der Waals surface area contributed by atoms with E-state index in [-0.39, 0.29) is 28.4 Å². The SMILES string of the molecule is Cc1cc(-c2cc3c4c(c2)-n2c5ccc(C(C)(C)C)cc5c5cc(C(C)(C)C)cc(c52)B4c2cc(C(C)(C)C)cc4c5cc(C(C)(C)C)ccc5n-3c24)ccc1-c1n(-c2c(C(C)C)cccc2C(C)C)c2ccccc2[n+]1C. The second-order valence-electron chi connectivity index (χ2n) is 28.3. The van der Waals surface area contributed by atoms with Crippen LogP contribution in [0.1, 0.15) is 162 Å². The van der Waals surface area contributed by atoms with Crippen molar-refractivity contribution in [1.82, 2.24) is 13.7 Å². The van der Waals surface area contributed by atoms with Gasteiger partial charge < -0.3 is 9.13 Å². The topological polar surface area (TPSA) is 18.7 Å². The van der Waals surface area contributed by atoms with Crippen LogP contribution in [0.3, 0.4) is 0 Å². The Labute approximate surface area is 463 Å². The highest BCUT2D eigenvalue weighted by Crippen LogP contribution is 2.46. The third kappa shape index (κ3) is 7.28. The van der Waals surface area contributed by atoms with E-state index in [2.05, 4.69) is 276 Å². The number of imidazole rings is 1. The number of para-hydroxylation sites is 3. The third-order valence-corrected chi connectivity index (χ3v) is 18.2. The average Bonchev–Trinajstić information content (AvgIpc) is 3.48. The molecule has 11 aromatic rings. The lowest BCUT2D eigenvalue weighted by molar-refractivity contribution is -0.633. The largest absolute Gasteiger partial charge is 0.310 e. The zero-order chi connectivity index (χ0) is 55.2. The van der Waals surface area contributed by atoms with Gasteiger partial charge >= 0.3 is 0 Å². The Kier molecular flexibility index (Phi) is 10.8. The van der Waals surface area contributed by atoms with E-state index in [1.54, 1.807) is 0 Å². The Hall–Kier alpha value is -7.11. The van der Waals surface area contributed by atoms with Crippen molar-refractivity contribution in [2.45, 2.75) is 151 Å². The van der Waals surface area contributed by atoms with E-state index >= 15 is 0 Å². The van der Waals surface area contributed by atoms with E-state index in [0.29, 0.717) is 11.8 Å². The number of benzene rings is 8. The standard InChI is InChI=1S/C73H78BN4/c1-41(2)50-22-21-23-51(42(3)4)66(50)78-62-25-20-19-24-61(62)75(18)69(78)52-29-26-44(32-43(52)5)45-33-63-65-64(34-45)77-60-31-28-47(71(9,10)11)36-54(60)56-38-49(73(15,16)17)40-58(68(56)77)74(65)57-39-48(72(12,13)14)37-55-53-35-46(70(6,7)8)27-30-59(53)76(63)67(55)57/h19-42H,1-18H3/q+1. The summed E-state index contributed by atoms with van der Waals surface area (Å²) in [5.74, 6) is 1.90. The Morgan fingerprint density at radius 3 is 1.37 bits per heavy atom. The molecule has 0 N–H and O–H groups in total. The molecule has 3 aromatic heterocycles. The summed E-state index contributed by atoms with van der Waals surface area (Å²) >= 11 is 0. The van der Waals surface area contributed by atoms with E-state index in [4.69, 9.17) is 0 Å². The Morgan fingerprint density at radius 1 is 0.436 bits per heavy atom. The normalized spacial score (nSPS) is 13.7. The molecule has 392 valence electrons. The quantitative estimate of drug-likeness (QED) is 0.121. The minimum atomic E-state index is -0.0623. The van der Waals surface area contributed by atoms with Crippen molar-refractivity contribution in [3.8, 4) is 39.6 Å². The van der Waals surface area contributed by atoms with Gasteiger partial charge in [0.15, 0.2) is 11.0 Å². The van der Waals surface area contributed by atoms with Gasteiger partial charge in [0.25, 0.3) is 12.5 Å². The van der Waals surface area contributed by atoms with Gasteiger partial charge in [-0.05, 0) is 162 Å². The van der Waals surface area contributed by atoms with E-state index < -0.39 is 0 Å². The first-order valence-corrected chi connectivity index (χ1v) is 28.9. The second kappa shape index (κ2) is 16.7.